The molecule has 0 saturated heterocycles. The van der Waals surface area contributed by atoms with Gasteiger partial charge in [0.25, 0.3) is 0 Å². The molecule has 0 amide bonds. The minimum absolute atomic E-state index is 0.676. The van der Waals surface area contributed by atoms with Gasteiger partial charge >= 0.3 is 0 Å². The van der Waals surface area contributed by atoms with E-state index >= 15 is 0 Å². The van der Waals surface area contributed by atoms with Gasteiger partial charge in [0.15, 0.2) is 4.77 Å². The van der Waals surface area contributed by atoms with Crippen LogP contribution in [-0.2, 0) is 11.3 Å². The maximum Gasteiger partial charge on any atom is 0.178 e. The number of benzene rings is 1. The lowest BCUT2D eigenvalue weighted by molar-refractivity contribution is 0.188. The molecule has 80 valence electrons. The quantitative estimate of drug-likeness (QED) is 0.809. The van der Waals surface area contributed by atoms with E-state index in [9.17, 15) is 0 Å². The van der Waals surface area contributed by atoms with Gasteiger partial charge in [-0.15, -0.1) is 0 Å². The molecule has 15 heavy (non-hydrogen) atoms. The predicted octanol–water partition coefficient (Wildman–Crippen LogP) is 2.65. The summed E-state index contributed by atoms with van der Waals surface area (Å²) in [4.78, 5) is 3.23. The highest BCUT2D eigenvalue weighted by Gasteiger charge is 2.04. The maximum atomic E-state index is 5.28. The molecule has 0 atom stereocenters. The SMILES string of the molecule is COCCn1c(=S)[nH]c2c(C)cccc21. The second-order valence-corrected chi connectivity index (χ2v) is 3.93. The highest BCUT2D eigenvalue weighted by Crippen LogP contribution is 2.17. The van der Waals surface area contributed by atoms with E-state index in [0.29, 0.717) is 6.61 Å². The number of para-hydroxylation sites is 1. The largest absolute Gasteiger partial charge is 0.383 e. The lowest BCUT2D eigenvalue weighted by atomic mass is 10.2. The lowest BCUT2D eigenvalue weighted by Gasteiger charge is -2.03. The summed E-state index contributed by atoms with van der Waals surface area (Å²) in [7, 11) is 1.70. The first-order chi connectivity index (χ1) is 7.24. The number of ether oxygens (including phenoxy) is 1. The van der Waals surface area contributed by atoms with Gasteiger partial charge in [0.2, 0.25) is 0 Å². The third-order valence-corrected chi connectivity index (χ3v) is 2.86. The summed E-state index contributed by atoms with van der Waals surface area (Å²) < 4.78 is 7.90. The van der Waals surface area contributed by atoms with E-state index in [1.165, 1.54) is 5.56 Å². The Labute approximate surface area is 93.7 Å². The Morgan fingerprint density at radius 3 is 3.00 bits per heavy atom. The van der Waals surface area contributed by atoms with Crippen LogP contribution in [0, 0.1) is 11.7 Å². The zero-order valence-corrected chi connectivity index (χ0v) is 9.73. The van der Waals surface area contributed by atoms with E-state index in [-0.39, 0.29) is 0 Å². The molecular weight excluding hydrogens is 208 g/mol. The monoisotopic (exact) mass is 222 g/mol. The van der Waals surface area contributed by atoms with Gasteiger partial charge in [0, 0.05) is 13.7 Å². The van der Waals surface area contributed by atoms with E-state index in [2.05, 4.69) is 28.6 Å². The molecule has 0 bridgehead atoms. The van der Waals surface area contributed by atoms with Crippen molar-refractivity contribution in [2.24, 2.45) is 0 Å². The van der Waals surface area contributed by atoms with Crippen LogP contribution in [0.4, 0.5) is 0 Å². The standard InChI is InChI=1S/C11H14N2OS/c1-8-4-3-5-9-10(8)12-11(15)13(9)6-7-14-2/h3-5H,6-7H2,1-2H3,(H,12,15). The number of rotatable bonds is 3. The van der Waals surface area contributed by atoms with Crippen LogP contribution >= 0.6 is 12.2 Å². The number of hydrogen-bond donors (Lipinski definition) is 1. The fourth-order valence-corrected chi connectivity index (χ4v) is 2.02. The minimum atomic E-state index is 0.676. The van der Waals surface area contributed by atoms with Crippen molar-refractivity contribution in [3.63, 3.8) is 0 Å². The van der Waals surface area contributed by atoms with Crippen LogP contribution in [0.25, 0.3) is 11.0 Å². The van der Waals surface area contributed by atoms with E-state index in [4.69, 9.17) is 17.0 Å². The van der Waals surface area contributed by atoms with Gasteiger partial charge in [-0.1, -0.05) is 12.1 Å². The zero-order chi connectivity index (χ0) is 10.8. The Bertz CT molecular complexity index is 527. The van der Waals surface area contributed by atoms with Crippen molar-refractivity contribution in [1.82, 2.24) is 9.55 Å². The fraction of sp³-hybridized carbons (Fsp3) is 0.364. The third-order valence-electron chi connectivity index (χ3n) is 2.54. The molecule has 0 aliphatic carbocycles. The molecule has 1 heterocycles. The van der Waals surface area contributed by atoms with Crippen molar-refractivity contribution in [2.75, 3.05) is 13.7 Å². The molecule has 0 saturated carbocycles. The van der Waals surface area contributed by atoms with Crippen molar-refractivity contribution in [2.45, 2.75) is 13.5 Å². The van der Waals surface area contributed by atoms with Gasteiger partial charge in [-0.25, -0.2) is 0 Å². The zero-order valence-electron chi connectivity index (χ0n) is 8.91. The number of aryl methyl sites for hydroxylation is 1. The Kier molecular flexibility index (Phi) is 2.88. The van der Waals surface area contributed by atoms with E-state index in [0.717, 1.165) is 22.3 Å². The van der Waals surface area contributed by atoms with Gasteiger partial charge in [0.05, 0.1) is 17.6 Å². The Morgan fingerprint density at radius 2 is 2.27 bits per heavy atom. The normalized spacial score (nSPS) is 11.1. The molecule has 1 aromatic carbocycles. The summed E-state index contributed by atoms with van der Waals surface area (Å²) in [5, 5.41) is 0. The second kappa shape index (κ2) is 4.16. The van der Waals surface area contributed by atoms with Gasteiger partial charge < -0.3 is 14.3 Å². The van der Waals surface area contributed by atoms with Gasteiger partial charge in [-0.3, -0.25) is 0 Å². The first kappa shape index (κ1) is 10.4. The molecule has 2 aromatic rings. The summed E-state index contributed by atoms with van der Waals surface area (Å²) in [6.45, 7) is 3.54. The van der Waals surface area contributed by atoms with Crippen LogP contribution in [0.15, 0.2) is 18.2 Å². The molecule has 4 heteroatoms. The van der Waals surface area contributed by atoms with Crippen molar-refractivity contribution < 1.29 is 4.74 Å². The number of nitrogens with one attached hydrogen (secondary N) is 1. The number of aromatic amines is 1. The van der Waals surface area contributed by atoms with E-state index < -0.39 is 0 Å². The van der Waals surface area contributed by atoms with Crippen LogP contribution in [0.5, 0.6) is 0 Å². The van der Waals surface area contributed by atoms with Crippen LogP contribution < -0.4 is 0 Å². The van der Waals surface area contributed by atoms with Crippen LogP contribution in [0.2, 0.25) is 0 Å². The predicted molar refractivity (Wildman–Crippen MR) is 63.7 cm³/mol. The minimum Gasteiger partial charge on any atom is -0.383 e. The molecule has 0 fully saturated rings. The second-order valence-electron chi connectivity index (χ2n) is 3.54. The van der Waals surface area contributed by atoms with Crippen LogP contribution in [0.1, 0.15) is 5.56 Å². The Morgan fingerprint density at radius 1 is 1.47 bits per heavy atom. The molecule has 0 spiro atoms. The number of aromatic nitrogens is 2. The molecule has 2 rings (SSSR count). The average molecular weight is 222 g/mol. The third kappa shape index (κ3) is 1.82. The topological polar surface area (TPSA) is 29.9 Å². The molecule has 0 aliphatic rings. The highest BCUT2D eigenvalue weighted by atomic mass is 32.1. The lowest BCUT2D eigenvalue weighted by Crippen LogP contribution is -2.03. The van der Waals surface area contributed by atoms with Crippen molar-refractivity contribution in [1.29, 1.82) is 0 Å². The highest BCUT2D eigenvalue weighted by molar-refractivity contribution is 7.71. The number of methoxy groups -OCH3 is 1. The van der Waals surface area contributed by atoms with Gasteiger partial charge in [-0.05, 0) is 30.8 Å². The molecule has 0 radical (unpaired) electrons. The average Bonchev–Trinajstić information content (AvgIpc) is 2.54. The first-order valence-electron chi connectivity index (χ1n) is 4.91. The van der Waals surface area contributed by atoms with Crippen molar-refractivity contribution >= 4 is 23.3 Å². The van der Waals surface area contributed by atoms with Crippen molar-refractivity contribution in [3.05, 3.63) is 28.5 Å². The Balaban J connectivity index is 2.58. The van der Waals surface area contributed by atoms with Crippen LogP contribution in [-0.4, -0.2) is 23.3 Å². The number of hydrogen-bond acceptors (Lipinski definition) is 2. The smallest absolute Gasteiger partial charge is 0.178 e. The van der Waals surface area contributed by atoms with Crippen molar-refractivity contribution in [3.8, 4) is 0 Å². The number of H-pyrrole nitrogens is 1. The molecule has 3 nitrogen and oxygen atoms in total. The molecule has 1 aromatic heterocycles. The summed E-state index contributed by atoms with van der Waals surface area (Å²) in [5.41, 5.74) is 3.49. The molecule has 0 aliphatic heterocycles. The Hall–Kier alpha value is -1.13. The summed E-state index contributed by atoms with van der Waals surface area (Å²) in [6, 6.07) is 6.20. The van der Waals surface area contributed by atoms with E-state index in [1.807, 2.05) is 6.07 Å². The van der Waals surface area contributed by atoms with E-state index in [1.54, 1.807) is 7.11 Å². The summed E-state index contributed by atoms with van der Waals surface area (Å²) in [5.74, 6) is 0. The maximum absolute atomic E-state index is 5.28. The fourth-order valence-electron chi connectivity index (χ4n) is 1.73. The van der Waals surface area contributed by atoms with Gasteiger partial charge in [-0.2, -0.15) is 0 Å². The van der Waals surface area contributed by atoms with Crippen LogP contribution in [0.3, 0.4) is 0 Å². The summed E-state index contributed by atoms with van der Waals surface area (Å²) in [6.07, 6.45) is 0. The van der Waals surface area contributed by atoms with Gasteiger partial charge in [0.1, 0.15) is 0 Å². The molecular formula is C11H14N2OS. The molecule has 1 N–H and O–H groups in total. The first-order valence-corrected chi connectivity index (χ1v) is 5.32. The molecule has 0 unspecified atom stereocenters. The summed E-state index contributed by atoms with van der Waals surface area (Å²) >= 11 is 5.28. The number of fused-ring (bicyclic) bond motifs is 1. The number of imidazole rings is 1. The number of nitrogens with zero attached hydrogens (tertiary/aromatic N) is 1.